The topological polar surface area (TPSA) is 146 Å². The zero-order chi connectivity index (χ0) is 67.0. The van der Waals surface area contributed by atoms with E-state index in [1.54, 1.807) is 146 Å². The Labute approximate surface area is 603 Å². The lowest BCUT2D eigenvalue weighted by Crippen LogP contribution is -2.68. The maximum Gasteiger partial charge on any atom is 0.312 e. The van der Waals surface area contributed by atoms with Gasteiger partial charge in [0.1, 0.15) is 23.3 Å². The van der Waals surface area contributed by atoms with Gasteiger partial charge < -0.3 is 29.2 Å². The molecule has 4 aliphatic rings. The number of fused-ring (bicyclic) bond motifs is 6. The normalized spacial score (nSPS) is 17.2. The standard InChI is InChI=1S/C73H58Br4Cl6O10/c1-5-55(84)31-33-90-39-61(72(47-35-57(74)63(92-72)58(75)36-47)65(67(86)87)70(41-7-19-49(78)20-8-41,42-9-21-50(79)22-10-42)43-11-23-51(80)24-12-43)69(3,4)62(40-91-34-32-56(85)6-2)73(48-37-59(76)64(93-73)60(77)38-48)66(68(88)89)71(44-13-25-52(81)26-14-44,45-15-27-53(82)28-16-45)46-17-29-54(83)30-18-46/h5-30,35-38,61-62,65-66H,1-2,31-34,39-40H2,3-4H3,(H,86,87)(H,88,89). The van der Waals surface area contributed by atoms with Crippen LogP contribution >= 0.6 is 133 Å². The second-order valence-corrected chi connectivity index (χ2v) is 29.5. The molecule has 93 heavy (non-hydrogen) atoms. The molecule has 2 N–H and O–H groups in total. The van der Waals surface area contributed by atoms with Gasteiger partial charge in [-0.1, -0.05) is 169 Å². The van der Waals surface area contributed by atoms with E-state index in [4.69, 9.17) is 88.6 Å². The molecular formula is C73H58Br4Cl6O10. The number of aliphatic carboxylic acids is 2. The van der Waals surface area contributed by atoms with Crippen molar-refractivity contribution in [3.8, 4) is 11.5 Å². The zero-order valence-electron chi connectivity index (χ0n) is 49.7. The van der Waals surface area contributed by atoms with Crippen molar-refractivity contribution < 1.29 is 48.3 Å². The van der Waals surface area contributed by atoms with Gasteiger partial charge in [0.2, 0.25) is 0 Å². The van der Waals surface area contributed by atoms with Gasteiger partial charge in [0.15, 0.2) is 22.8 Å². The van der Waals surface area contributed by atoms with Crippen LogP contribution in [0, 0.1) is 29.1 Å². The van der Waals surface area contributed by atoms with Crippen molar-refractivity contribution >= 4 is 157 Å². The molecule has 6 atom stereocenters. The summed E-state index contributed by atoms with van der Waals surface area (Å²) in [4.78, 5) is 59.0. The Hall–Kier alpha value is -5.30. The van der Waals surface area contributed by atoms with Crippen molar-refractivity contribution in [1.82, 2.24) is 0 Å². The van der Waals surface area contributed by atoms with Gasteiger partial charge in [-0.25, -0.2) is 0 Å². The molecule has 0 aromatic heterocycles. The van der Waals surface area contributed by atoms with Crippen molar-refractivity contribution in [2.75, 3.05) is 26.4 Å². The van der Waals surface area contributed by atoms with Crippen LogP contribution in [0.4, 0.5) is 0 Å². The Morgan fingerprint density at radius 2 is 0.677 bits per heavy atom. The Balaban J connectivity index is 1.40. The highest BCUT2D eigenvalue weighted by molar-refractivity contribution is 9.11. The Bertz CT molecular complexity index is 3620. The van der Waals surface area contributed by atoms with E-state index in [2.05, 4.69) is 76.9 Å². The predicted octanol–water partition coefficient (Wildman–Crippen LogP) is 20.6. The molecule has 4 aliphatic heterocycles. The number of carboxylic acid groups (broad SMARTS) is 2. The Morgan fingerprint density at radius 1 is 0.452 bits per heavy atom. The average molecular weight is 1630 g/mol. The molecule has 10 nitrogen and oxygen atoms in total. The quantitative estimate of drug-likeness (QED) is 0.0276. The van der Waals surface area contributed by atoms with Gasteiger partial charge in [0.25, 0.3) is 0 Å². The molecule has 4 heterocycles. The van der Waals surface area contributed by atoms with E-state index in [0.717, 1.165) is 0 Å². The third-order valence-corrected chi connectivity index (χ3v) is 22.2. The molecule has 0 spiro atoms. The minimum atomic E-state index is -2.20. The molecule has 0 amide bonds. The van der Waals surface area contributed by atoms with Crippen LogP contribution < -0.4 is 9.47 Å². The van der Waals surface area contributed by atoms with Crippen LogP contribution in [0.15, 0.2) is 213 Å². The van der Waals surface area contributed by atoms with E-state index in [0.29, 0.717) is 92.5 Å². The summed E-state index contributed by atoms with van der Waals surface area (Å²) in [5.74, 6) is -9.25. The number of carboxylic acids is 2. The summed E-state index contributed by atoms with van der Waals surface area (Å²) < 4.78 is 31.4. The van der Waals surface area contributed by atoms with Gasteiger partial charge in [0, 0.05) is 54.8 Å². The lowest BCUT2D eigenvalue weighted by molar-refractivity contribution is -0.209. The molecule has 0 fully saturated rings. The van der Waals surface area contributed by atoms with Crippen molar-refractivity contribution in [2.24, 2.45) is 29.1 Å². The number of rotatable bonds is 28. The van der Waals surface area contributed by atoms with Crippen molar-refractivity contribution in [3.63, 3.8) is 0 Å². The summed E-state index contributed by atoms with van der Waals surface area (Å²) in [5.41, 5.74) is -6.36. The number of hydrogen-bond donors (Lipinski definition) is 2. The smallest absolute Gasteiger partial charge is 0.312 e. The maximum atomic E-state index is 16.2. The van der Waals surface area contributed by atoms with Gasteiger partial charge in [-0.15, -0.1) is 0 Å². The van der Waals surface area contributed by atoms with E-state index in [1.807, 2.05) is 38.1 Å². The summed E-state index contributed by atoms with van der Waals surface area (Å²) >= 11 is 55.9. The molecule has 0 saturated carbocycles. The molecule has 0 saturated heterocycles. The van der Waals surface area contributed by atoms with E-state index >= 15 is 9.59 Å². The molecule has 0 radical (unpaired) electrons. The first-order valence-electron chi connectivity index (χ1n) is 29.2. The van der Waals surface area contributed by atoms with E-state index in [-0.39, 0.29) is 49.1 Å². The van der Waals surface area contributed by atoms with Gasteiger partial charge in [-0.2, -0.15) is 0 Å². The highest BCUT2D eigenvalue weighted by atomic mass is 79.9. The van der Waals surface area contributed by atoms with Gasteiger partial charge in [0.05, 0.1) is 55.1 Å². The highest BCUT2D eigenvalue weighted by Gasteiger charge is 2.72. The third kappa shape index (κ3) is 13.0. The largest absolute Gasteiger partial charge is 0.481 e. The summed E-state index contributed by atoms with van der Waals surface area (Å²) in [5, 5.41) is 28.6. The first-order chi connectivity index (χ1) is 44.3. The lowest BCUT2D eigenvalue weighted by atomic mass is 9.46. The molecule has 0 aliphatic carbocycles. The molecule has 6 unspecified atom stereocenters. The number of benzene rings is 8. The highest BCUT2D eigenvalue weighted by Crippen LogP contribution is 2.68. The van der Waals surface area contributed by atoms with Crippen LogP contribution in [0.3, 0.4) is 0 Å². The number of carbonyl (C=O) groups is 4. The fourth-order valence-corrected chi connectivity index (χ4v) is 17.7. The fraction of sp³-hybridized carbons (Fsp3) is 0.233. The van der Waals surface area contributed by atoms with E-state index < -0.39 is 76.3 Å². The number of halogens is 10. The fourth-order valence-electron chi connectivity index (χ4n) is 14.3. The van der Waals surface area contributed by atoms with Gasteiger partial charge in [-0.3, -0.25) is 19.2 Å². The minimum absolute atomic E-state index is 0.125. The average Bonchev–Trinajstić information content (AvgIpc) is 0.680. The van der Waals surface area contributed by atoms with Crippen LogP contribution in [0.2, 0.25) is 30.1 Å². The third-order valence-electron chi connectivity index (χ3n) is 18.3. The van der Waals surface area contributed by atoms with Crippen molar-refractivity contribution in [2.45, 2.75) is 48.7 Å². The van der Waals surface area contributed by atoms with Crippen LogP contribution in [0.1, 0.15) is 71.2 Å². The molecule has 8 aromatic carbocycles. The van der Waals surface area contributed by atoms with E-state index in [1.165, 1.54) is 12.2 Å². The Morgan fingerprint density at radius 3 is 0.871 bits per heavy atom. The lowest BCUT2D eigenvalue weighted by Gasteiger charge is -2.62. The van der Waals surface area contributed by atoms with Crippen molar-refractivity contribution in [1.29, 1.82) is 0 Å². The molecule has 20 heteroatoms. The Kier molecular flexibility index (Phi) is 21.8. The zero-order valence-corrected chi connectivity index (χ0v) is 60.6. The van der Waals surface area contributed by atoms with Gasteiger partial charge >= 0.3 is 11.9 Å². The SMILES string of the molecule is C=CC(=O)CCOCC(C(C)(C)C(COCCC(=O)C=C)C1(C(C(=O)O)C(c2ccc(Cl)cc2)(c2ccc(Cl)cc2)c2ccc(Cl)cc2)Oc2c(Br)cc1cc2Br)C1(C(C(=O)O)C(c2ccc(Cl)cc2)(c2ccc(Cl)cc2)c2ccc(Cl)cc2)Oc2c(Br)cc1cc2Br. The second kappa shape index (κ2) is 28.8. The first kappa shape index (κ1) is 70.5. The van der Waals surface area contributed by atoms with E-state index in [9.17, 15) is 19.8 Å². The molecule has 480 valence electrons. The van der Waals surface area contributed by atoms with Crippen LogP contribution in [-0.4, -0.2) is 60.1 Å². The number of ether oxygens (including phenoxy) is 4. The summed E-state index contributed by atoms with van der Waals surface area (Å²) in [7, 11) is 0. The predicted molar refractivity (Wildman–Crippen MR) is 381 cm³/mol. The summed E-state index contributed by atoms with van der Waals surface area (Å²) in [6, 6.07) is 48.8. The summed E-state index contributed by atoms with van der Waals surface area (Å²) in [6.07, 6.45) is 2.14. The number of ketones is 2. The maximum absolute atomic E-state index is 16.2. The minimum Gasteiger partial charge on any atom is -0.481 e. The number of allylic oxidation sites excluding steroid dienone is 2. The van der Waals surface area contributed by atoms with Crippen LogP contribution in [-0.2, 0) is 50.7 Å². The van der Waals surface area contributed by atoms with Crippen molar-refractivity contribution in [3.05, 3.63) is 288 Å². The second-order valence-electron chi connectivity index (χ2n) is 23.4. The first-order valence-corrected chi connectivity index (χ1v) is 34.6. The molecular weight excluding hydrogens is 1570 g/mol. The molecule has 8 aromatic rings. The van der Waals surface area contributed by atoms with Crippen LogP contribution in [0.5, 0.6) is 11.5 Å². The van der Waals surface area contributed by atoms with Crippen LogP contribution in [0.25, 0.3) is 0 Å². The number of hydrogen-bond acceptors (Lipinski definition) is 8. The number of carbonyl (C=O) groups excluding carboxylic acids is 2. The van der Waals surface area contributed by atoms with Gasteiger partial charge in [-0.05, 0) is 223 Å². The molecule has 12 rings (SSSR count). The summed E-state index contributed by atoms with van der Waals surface area (Å²) in [6.45, 7) is 10.1. The molecule has 4 bridgehead atoms. The monoisotopic (exact) mass is 1620 g/mol.